The van der Waals surface area contributed by atoms with E-state index in [-0.39, 0.29) is 23.3 Å². The van der Waals surface area contributed by atoms with Crippen LogP contribution in [0.15, 0.2) is 42.2 Å². The number of aryl methyl sites for hydroxylation is 3. The minimum atomic E-state index is -0.314. The van der Waals surface area contributed by atoms with Gasteiger partial charge in [0.15, 0.2) is 5.78 Å². The van der Waals surface area contributed by atoms with Crippen molar-refractivity contribution in [3.8, 4) is 10.6 Å². The molecular formula is C24H23FN2O2S. The third-order valence-electron chi connectivity index (χ3n) is 5.45. The summed E-state index contributed by atoms with van der Waals surface area (Å²) in [5.41, 5.74) is 5.15. The average molecular weight is 423 g/mol. The highest BCUT2D eigenvalue weighted by molar-refractivity contribution is 7.14. The summed E-state index contributed by atoms with van der Waals surface area (Å²) in [6.45, 7) is 5.98. The van der Waals surface area contributed by atoms with Crippen LogP contribution < -0.4 is 0 Å². The molecule has 0 radical (unpaired) electrons. The molecule has 1 aliphatic rings. The Bertz CT molecular complexity index is 1140. The van der Waals surface area contributed by atoms with Crippen molar-refractivity contribution in [2.75, 3.05) is 0 Å². The van der Waals surface area contributed by atoms with E-state index in [0.29, 0.717) is 35.4 Å². The van der Waals surface area contributed by atoms with E-state index in [1.807, 2.05) is 32.9 Å². The van der Waals surface area contributed by atoms with Crippen molar-refractivity contribution in [3.05, 3.63) is 75.2 Å². The molecule has 30 heavy (non-hydrogen) atoms. The molecule has 0 saturated carbocycles. The van der Waals surface area contributed by atoms with E-state index < -0.39 is 0 Å². The highest BCUT2D eigenvalue weighted by Gasteiger charge is 2.31. The van der Waals surface area contributed by atoms with Crippen molar-refractivity contribution in [1.29, 1.82) is 0 Å². The molecule has 0 aliphatic heterocycles. The third kappa shape index (κ3) is 4.05. The Morgan fingerprint density at radius 1 is 1.10 bits per heavy atom. The molecule has 4 nitrogen and oxygen atoms in total. The van der Waals surface area contributed by atoms with Crippen LogP contribution in [0.4, 0.5) is 4.39 Å². The van der Waals surface area contributed by atoms with Gasteiger partial charge in [0.1, 0.15) is 21.6 Å². The number of rotatable bonds is 4. The third-order valence-corrected chi connectivity index (χ3v) is 6.45. The van der Waals surface area contributed by atoms with E-state index in [4.69, 9.17) is 0 Å². The van der Waals surface area contributed by atoms with E-state index in [1.54, 1.807) is 12.1 Å². The Morgan fingerprint density at radius 3 is 2.50 bits per heavy atom. The lowest BCUT2D eigenvalue weighted by Crippen LogP contribution is -2.21. The number of ketones is 1. The van der Waals surface area contributed by atoms with Gasteiger partial charge in [0.05, 0.1) is 5.57 Å². The van der Waals surface area contributed by atoms with Gasteiger partial charge in [-0.25, -0.2) is 4.39 Å². The molecule has 4 rings (SSSR count). The van der Waals surface area contributed by atoms with Gasteiger partial charge in [-0.15, -0.1) is 10.2 Å². The van der Waals surface area contributed by atoms with Gasteiger partial charge in [0, 0.05) is 24.8 Å². The zero-order chi connectivity index (χ0) is 21.4. The number of aromatic nitrogens is 2. The number of hydrogen-bond donors (Lipinski definition) is 1. The Hall–Kier alpha value is -2.86. The van der Waals surface area contributed by atoms with Crippen molar-refractivity contribution in [2.24, 2.45) is 5.92 Å². The molecule has 154 valence electrons. The minimum Gasteiger partial charge on any atom is -0.512 e. The summed E-state index contributed by atoms with van der Waals surface area (Å²) in [7, 11) is 0. The smallest absolute Gasteiger partial charge is 0.167 e. The van der Waals surface area contributed by atoms with Gasteiger partial charge < -0.3 is 5.11 Å². The Kier molecular flexibility index (Phi) is 5.52. The second-order valence-corrected chi connectivity index (χ2v) is 9.07. The second-order valence-electron chi connectivity index (χ2n) is 8.01. The summed E-state index contributed by atoms with van der Waals surface area (Å²) in [6.07, 6.45) is 1.35. The maximum Gasteiger partial charge on any atom is 0.167 e. The molecule has 1 unspecified atom stereocenters. The highest BCUT2D eigenvalue weighted by Crippen LogP contribution is 2.37. The van der Waals surface area contributed by atoms with Crippen LogP contribution >= 0.6 is 11.3 Å². The molecule has 1 aromatic heterocycles. The van der Waals surface area contributed by atoms with Crippen molar-refractivity contribution >= 4 is 22.7 Å². The SMILES string of the molecule is Cc1cc(C)c(C2=C(O)CC(Cc3nnc(-c4cccc(F)c4)s3)CC2=O)c(C)c1. The molecule has 0 spiro atoms. The van der Waals surface area contributed by atoms with Crippen LogP contribution in [0.5, 0.6) is 0 Å². The van der Waals surface area contributed by atoms with Gasteiger partial charge in [-0.3, -0.25) is 4.79 Å². The van der Waals surface area contributed by atoms with Crippen molar-refractivity contribution in [3.63, 3.8) is 0 Å². The fourth-order valence-electron chi connectivity index (χ4n) is 4.30. The molecule has 0 amide bonds. The normalized spacial score (nSPS) is 16.9. The largest absolute Gasteiger partial charge is 0.512 e. The summed E-state index contributed by atoms with van der Waals surface area (Å²) < 4.78 is 13.5. The average Bonchev–Trinajstić information content (AvgIpc) is 3.11. The molecule has 3 aromatic rings. The number of aliphatic hydroxyl groups excluding tert-OH is 1. The number of hydrogen-bond acceptors (Lipinski definition) is 5. The van der Waals surface area contributed by atoms with E-state index in [0.717, 1.165) is 27.3 Å². The molecule has 1 atom stereocenters. The van der Waals surface area contributed by atoms with E-state index in [1.165, 1.54) is 23.5 Å². The van der Waals surface area contributed by atoms with Crippen LogP contribution in [0.2, 0.25) is 0 Å². The van der Waals surface area contributed by atoms with E-state index >= 15 is 0 Å². The highest BCUT2D eigenvalue weighted by atomic mass is 32.1. The molecule has 0 fully saturated rings. The van der Waals surface area contributed by atoms with Crippen LogP contribution in [0.3, 0.4) is 0 Å². The van der Waals surface area contributed by atoms with Crippen LogP contribution in [0.1, 0.15) is 40.1 Å². The molecular weight excluding hydrogens is 399 g/mol. The van der Waals surface area contributed by atoms with Gasteiger partial charge in [-0.2, -0.15) is 0 Å². The lowest BCUT2D eigenvalue weighted by molar-refractivity contribution is -0.115. The number of nitrogens with zero attached hydrogens (tertiary/aromatic N) is 2. The molecule has 1 N–H and O–H groups in total. The summed E-state index contributed by atoms with van der Waals surface area (Å²) >= 11 is 1.40. The van der Waals surface area contributed by atoms with Crippen molar-refractivity contribution in [1.82, 2.24) is 10.2 Å². The number of Topliss-reactive ketones (excluding diaryl/α,β-unsaturated/α-hetero) is 1. The van der Waals surface area contributed by atoms with Gasteiger partial charge in [0.2, 0.25) is 0 Å². The van der Waals surface area contributed by atoms with Crippen LogP contribution in [-0.4, -0.2) is 21.1 Å². The maximum atomic E-state index is 13.5. The molecule has 2 aromatic carbocycles. The van der Waals surface area contributed by atoms with E-state index in [9.17, 15) is 14.3 Å². The minimum absolute atomic E-state index is 0.0272. The predicted octanol–water partition coefficient (Wildman–Crippen LogP) is 5.76. The predicted molar refractivity (Wildman–Crippen MR) is 117 cm³/mol. The van der Waals surface area contributed by atoms with Gasteiger partial charge in [-0.05, 0) is 55.5 Å². The number of benzene rings is 2. The van der Waals surface area contributed by atoms with Crippen molar-refractivity contribution < 1.29 is 14.3 Å². The fourth-order valence-corrected chi connectivity index (χ4v) is 5.25. The number of halogens is 1. The summed E-state index contributed by atoms with van der Waals surface area (Å²) in [5.74, 6) is -0.220. The first kappa shape index (κ1) is 20.4. The van der Waals surface area contributed by atoms with Crippen LogP contribution in [0.25, 0.3) is 16.1 Å². The monoisotopic (exact) mass is 422 g/mol. The van der Waals surface area contributed by atoms with Gasteiger partial charge in [-0.1, -0.05) is 41.2 Å². The Morgan fingerprint density at radius 2 is 1.83 bits per heavy atom. The van der Waals surface area contributed by atoms with E-state index in [2.05, 4.69) is 10.2 Å². The standard InChI is InChI=1S/C24H23FN2O2S/c1-13-7-14(2)22(15(3)8-13)23-19(28)9-16(10-20(23)29)11-21-26-27-24(30-21)17-5-4-6-18(25)12-17/h4-8,12,16,28H,9-11H2,1-3H3. The first-order valence-corrected chi connectivity index (χ1v) is 10.8. The quantitative estimate of drug-likeness (QED) is 0.581. The first-order chi connectivity index (χ1) is 14.3. The lowest BCUT2D eigenvalue weighted by atomic mass is 9.80. The second kappa shape index (κ2) is 8.11. The lowest BCUT2D eigenvalue weighted by Gasteiger charge is -2.24. The molecule has 1 aliphatic carbocycles. The fraction of sp³-hybridized carbons (Fsp3) is 0.292. The Balaban J connectivity index is 1.55. The van der Waals surface area contributed by atoms with Crippen molar-refractivity contribution in [2.45, 2.75) is 40.0 Å². The number of allylic oxidation sites excluding steroid dienone is 2. The summed E-state index contributed by atoms with van der Waals surface area (Å²) in [6, 6.07) is 10.3. The zero-order valence-corrected chi connectivity index (χ0v) is 18.0. The summed E-state index contributed by atoms with van der Waals surface area (Å²) in [5, 5.41) is 20.6. The topological polar surface area (TPSA) is 63.1 Å². The number of carbonyl (C=O) groups excluding carboxylic acids is 1. The molecule has 0 bridgehead atoms. The van der Waals surface area contributed by atoms with Gasteiger partial charge >= 0.3 is 0 Å². The summed E-state index contributed by atoms with van der Waals surface area (Å²) in [4.78, 5) is 13.0. The number of carbonyl (C=O) groups is 1. The molecule has 1 heterocycles. The van der Waals surface area contributed by atoms with Crippen LogP contribution in [-0.2, 0) is 11.2 Å². The van der Waals surface area contributed by atoms with Gasteiger partial charge in [0.25, 0.3) is 0 Å². The molecule has 0 saturated heterocycles. The van der Waals surface area contributed by atoms with Crippen LogP contribution in [0, 0.1) is 32.5 Å². The zero-order valence-electron chi connectivity index (χ0n) is 17.2. The number of aliphatic hydroxyl groups is 1. The molecule has 6 heteroatoms. The maximum absolute atomic E-state index is 13.5. The first-order valence-electron chi connectivity index (χ1n) is 9.93. The Labute approximate surface area is 179 Å².